The van der Waals surface area contributed by atoms with Gasteiger partial charge in [0.2, 0.25) is 5.75 Å². The molecule has 0 aromatic heterocycles. The number of carbonyl (C=O) groups is 1. The highest BCUT2D eigenvalue weighted by Crippen LogP contribution is 2.50. The first kappa shape index (κ1) is 21.1. The molecule has 2 aromatic rings. The van der Waals surface area contributed by atoms with Crippen LogP contribution in [0.4, 0.5) is 4.79 Å². The average Bonchev–Trinajstić information content (AvgIpc) is 2.92. The van der Waals surface area contributed by atoms with Gasteiger partial charge in [-0.2, -0.15) is 0 Å². The molecule has 0 saturated carbocycles. The zero-order chi connectivity index (χ0) is 21.8. The van der Waals surface area contributed by atoms with E-state index in [0.29, 0.717) is 52.7 Å². The van der Waals surface area contributed by atoms with Crippen molar-refractivity contribution in [2.75, 3.05) is 35.5 Å². The lowest BCUT2D eigenvalue weighted by molar-refractivity contribution is 0.120. The van der Waals surface area contributed by atoms with Crippen LogP contribution in [0.2, 0.25) is 0 Å². The maximum Gasteiger partial charge on any atom is 0.513 e. The van der Waals surface area contributed by atoms with Gasteiger partial charge in [0.05, 0.1) is 41.3 Å². The molecule has 2 aromatic carbocycles. The van der Waals surface area contributed by atoms with Crippen molar-refractivity contribution < 1.29 is 38.4 Å². The van der Waals surface area contributed by atoms with Gasteiger partial charge in [0, 0.05) is 11.1 Å². The first-order valence-corrected chi connectivity index (χ1v) is 9.04. The van der Waals surface area contributed by atoms with Crippen molar-refractivity contribution in [3.8, 4) is 39.9 Å². The fraction of sp³-hybridized carbons (Fsp3) is 0.333. The second-order valence-electron chi connectivity index (χ2n) is 6.33. The molecule has 0 heterocycles. The van der Waals surface area contributed by atoms with Crippen LogP contribution in [-0.4, -0.2) is 52.6 Å². The van der Waals surface area contributed by atoms with Crippen LogP contribution < -0.4 is 23.7 Å². The van der Waals surface area contributed by atoms with Gasteiger partial charge in [0.25, 0.3) is 0 Å². The Labute approximate surface area is 173 Å². The number of hydrogen-bond acceptors (Lipinski definition) is 9. The minimum Gasteiger partial charge on any atom is -0.493 e. The quantitative estimate of drug-likeness (QED) is 0.340. The highest BCUT2D eigenvalue weighted by Gasteiger charge is 2.29. The molecule has 3 rings (SSSR count). The molecule has 0 spiro atoms. The first-order chi connectivity index (χ1) is 14.5. The van der Waals surface area contributed by atoms with Crippen molar-refractivity contribution in [2.24, 2.45) is 5.16 Å². The lowest BCUT2D eigenvalue weighted by Crippen LogP contribution is -2.10. The van der Waals surface area contributed by atoms with E-state index >= 15 is 0 Å². The molecular formula is C21H23NO8. The third kappa shape index (κ3) is 3.54. The van der Waals surface area contributed by atoms with Crippen LogP contribution in [0.5, 0.6) is 28.7 Å². The number of ether oxygens (including phenoxy) is 6. The number of carbonyl (C=O) groups excluding carboxylic acids is 1. The molecule has 0 atom stereocenters. The summed E-state index contributed by atoms with van der Waals surface area (Å²) in [7, 11) is 7.28. The van der Waals surface area contributed by atoms with Gasteiger partial charge in [-0.3, -0.25) is 0 Å². The number of rotatable bonds is 5. The van der Waals surface area contributed by atoms with Gasteiger partial charge >= 0.3 is 6.16 Å². The molecule has 0 amide bonds. The lowest BCUT2D eigenvalue weighted by atomic mass is 9.94. The Bertz CT molecular complexity index is 999. The van der Waals surface area contributed by atoms with Gasteiger partial charge in [-0.1, -0.05) is 5.16 Å². The van der Waals surface area contributed by atoms with Gasteiger partial charge in [-0.05, 0) is 42.2 Å². The summed E-state index contributed by atoms with van der Waals surface area (Å²) in [5, 5.41) is 13.1. The van der Waals surface area contributed by atoms with E-state index in [4.69, 9.17) is 23.7 Å². The minimum atomic E-state index is -0.895. The number of methoxy groups -OCH3 is 5. The summed E-state index contributed by atoms with van der Waals surface area (Å²) in [6, 6.07) is 5.13. The molecular weight excluding hydrogens is 394 g/mol. The topological polar surface area (TPSA) is 105 Å². The largest absolute Gasteiger partial charge is 0.513 e. The second kappa shape index (κ2) is 8.81. The zero-order valence-electron chi connectivity index (χ0n) is 17.4. The van der Waals surface area contributed by atoms with Gasteiger partial charge < -0.3 is 33.6 Å². The molecule has 0 unspecified atom stereocenters. The van der Waals surface area contributed by atoms with Crippen molar-refractivity contribution >= 4 is 11.9 Å². The normalized spacial score (nSPS) is 13.6. The van der Waals surface area contributed by atoms with Crippen molar-refractivity contribution in [1.82, 2.24) is 0 Å². The SMILES string of the molecule is COC(=O)Oc1cc2c(cc1OC)-c1c(cc(OC)c(OC)c1OC)CC/C2=N\O. The van der Waals surface area contributed by atoms with E-state index in [0.717, 1.165) is 11.1 Å². The summed E-state index contributed by atoms with van der Waals surface area (Å²) in [6.45, 7) is 0. The maximum atomic E-state index is 11.7. The summed E-state index contributed by atoms with van der Waals surface area (Å²) in [4.78, 5) is 11.7. The smallest absolute Gasteiger partial charge is 0.493 e. The fourth-order valence-electron chi connectivity index (χ4n) is 3.57. The van der Waals surface area contributed by atoms with Crippen LogP contribution in [0, 0.1) is 0 Å². The van der Waals surface area contributed by atoms with E-state index in [1.165, 1.54) is 28.4 Å². The molecule has 9 nitrogen and oxygen atoms in total. The van der Waals surface area contributed by atoms with Gasteiger partial charge in [0.1, 0.15) is 0 Å². The number of aryl methyl sites for hydroxylation is 1. The Morgan fingerprint density at radius 1 is 0.833 bits per heavy atom. The molecule has 0 aliphatic heterocycles. The van der Waals surface area contributed by atoms with E-state index in [1.54, 1.807) is 19.2 Å². The van der Waals surface area contributed by atoms with Crippen LogP contribution in [0.15, 0.2) is 23.4 Å². The molecule has 0 bridgehead atoms. The van der Waals surface area contributed by atoms with Crippen molar-refractivity contribution in [3.63, 3.8) is 0 Å². The molecule has 0 radical (unpaired) electrons. The number of oxime groups is 1. The Kier molecular flexibility index (Phi) is 6.20. The van der Waals surface area contributed by atoms with Crippen molar-refractivity contribution in [1.29, 1.82) is 0 Å². The standard InChI is InChI=1S/C21H23NO8/c1-25-15-10-13-12(9-16(15)30-21(23)29-5)14(22-24)7-6-11-8-17(26-2)19(27-3)20(28-4)18(11)13/h8-10,24H,6-7H2,1-5H3/b22-14+. The third-order valence-corrected chi connectivity index (χ3v) is 4.91. The minimum absolute atomic E-state index is 0.132. The van der Waals surface area contributed by atoms with E-state index < -0.39 is 6.16 Å². The van der Waals surface area contributed by atoms with Crippen LogP contribution in [0.1, 0.15) is 17.5 Å². The summed E-state index contributed by atoms with van der Waals surface area (Å²) in [5.74, 6) is 1.85. The summed E-state index contributed by atoms with van der Waals surface area (Å²) in [6.07, 6.45) is 0.0862. The summed E-state index contributed by atoms with van der Waals surface area (Å²) < 4.78 is 31.9. The summed E-state index contributed by atoms with van der Waals surface area (Å²) >= 11 is 0. The molecule has 0 saturated heterocycles. The van der Waals surface area contributed by atoms with Crippen LogP contribution >= 0.6 is 0 Å². The molecule has 0 fully saturated rings. The van der Waals surface area contributed by atoms with Crippen LogP contribution in [0.25, 0.3) is 11.1 Å². The maximum absolute atomic E-state index is 11.7. The van der Waals surface area contributed by atoms with Crippen molar-refractivity contribution in [2.45, 2.75) is 12.8 Å². The van der Waals surface area contributed by atoms with Crippen molar-refractivity contribution in [3.05, 3.63) is 29.3 Å². The molecule has 30 heavy (non-hydrogen) atoms. The number of benzene rings is 2. The van der Waals surface area contributed by atoms with Gasteiger partial charge in [-0.25, -0.2) is 4.79 Å². The van der Waals surface area contributed by atoms with Crippen LogP contribution in [-0.2, 0) is 11.2 Å². The second-order valence-corrected chi connectivity index (χ2v) is 6.33. The van der Waals surface area contributed by atoms with Crippen LogP contribution in [0.3, 0.4) is 0 Å². The molecule has 1 aliphatic carbocycles. The Morgan fingerprint density at radius 3 is 2.07 bits per heavy atom. The Hall–Kier alpha value is -3.62. The number of nitrogens with zero attached hydrogens (tertiary/aromatic N) is 1. The van der Waals surface area contributed by atoms with Gasteiger partial charge in [0.15, 0.2) is 23.0 Å². The zero-order valence-corrected chi connectivity index (χ0v) is 17.4. The van der Waals surface area contributed by atoms with E-state index in [9.17, 15) is 10.0 Å². The highest BCUT2D eigenvalue weighted by atomic mass is 16.7. The predicted octanol–water partition coefficient (Wildman–Crippen LogP) is 3.66. The molecule has 160 valence electrons. The van der Waals surface area contributed by atoms with Gasteiger partial charge in [-0.15, -0.1) is 0 Å². The van der Waals surface area contributed by atoms with E-state index in [2.05, 4.69) is 9.89 Å². The molecule has 9 heteroatoms. The Balaban J connectivity index is 2.37. The fourth-order valence-corrected chi connectivity index (χ4v) is 3.57. The Morgan fingerprint density at radius 2 is 1.50 bits per heavy atom. The molecule has 1 aliphatic rings. The highest BCUT2D eigenvalue weighted by molar-refractivity contribution is 6.09. The number of hydrogen-bond donors (Lipinski definition) is 1. The number of fused-ring (bicyclic) bond motifs is 3. The third-order valence-electron chi connectivity index (χ3n) is 4.91. The summed E-state index contributed by atoms with van der Waals surface area (Å²) in [5.41, 5.74) is 3.29. The van der Waals surface area contributed by atoms with E-state index in [1.807, 2.05) is 6.07 Å². The average molecular weight is 417 g/mol. The lowest BCUT2D eigenvalue weighted by Gasteiger charge is -2.20. The predicted molar refractivity (Wildman–Crippen MR) is 108 cm³/mol. The molecule has 1 N–H and O–H groups in total. The monoisotopic (exact) mass is 417 g/mol. The van der Waals surface area contributed by atoms with E-state index in [-0.39, 0.29) is 5.75 Å². The first-order valence-electron chi connectivity index (χ1n) is 9.04.